The number of nitrogens with one attached hydrogen (secondary N) is 2. The summed E-state index contributed by atoms with van der Waals surface area (Å²) in [5.74, 6) is 1.19. The third-order valence-corrected chi connectivity index (χ3v) is 3.11. The lowest BCUT2D eigenvalue weighted by molar-refractivity contribution is 0.0372. The Morgan fingerprint density at radius 3 is 2.73 bits per heavy atom. The lowest BCUT2D eigenvalue weighted by Gasteiger charge is -2.21. The van der Waals surface area contributed by atoms with Crippen LogP contribution < -0.4 is 15.5 Å². The van der Waals surface area contributed by atoms with Gasteiger partial charge in [-0.25, -0.2) is 9.78 Å². The zero-order valence-corrected chi connectivity index (χ0v) is 12.8. The zero-order chi connectivity index (χ0) is 16.2. The van der Waals surface area contributed by atoms with Crippen LogP contribution in [-0.2, 0) is 5.60 Å². The molecule has 2 aromatic heterocycles. The molecule has 0 fully saturated rings. The van der Waals surface area contributed by atoms with E-state index in [1.165, 1.54) is 6.26 Å². The summed E-state index contributed by atoms with van der Waals surface area (Å²) in [6.07, 6.45) is 3.04. The van der Waals surface area contributed by atoms with Gasteiger partial charge in [0.25, 0.3) is 0 Å². The number of anilines is 2. The maximum absolute atomic E-state index is 11.8. The first-order valence-corrected chi connectivity index (χ1v) is 6.83. The molecule has 0 spiro atoms. The Kier molecular flexibility index (Phi) is 4.67. The van der Waals surface area contributed by atoms with Gasteiger partial charge in [0.1, 0.15) is 17.2 Å². The second kappa shape index (κ2) is 6.48. The van der Waals surface area contributed by atoms with Crippen molar-refractivity contribution in [2.75, 3.05) is 30.9 Å². The number of aliphatic hydroxyl groups is 1. The summed E-state index contributed by atoms with van der Waals surface area (Å²) in [4.78, 5) is 17.9. The smallest absolute Gasteiger partial charge is 0.319 e. The van der Waals surface area contributed by atoms with E-state index in [2.05, 4.69) is 15.6 Å². The molecule has 0 aliphatic heterocycles. The Hall–Kier alpha value is -2.54. The fourth-order valence-corrected chi connectivity index (χ4v) is 1.82. The average Bonchev–Trinajstić information content (AvgIpc) is 3.01. The lowest BCUT2D eigenvalue weighted by atomic mass is 10.0. The van der Waals surface area contributed by atoms with Crippen molar-refractivity contribution in [3.8, 4) is 0 Å². The van der Waals surface area contributed by atoms with E-state index in [9.17, 15) is 9.90 Å². The quantitative estimate of drug-likeness (QED) is 0.783. The first kappa shape index (κ1) is 15.8. The molecular formula is C15H20N4O3. The number of carbonyl (C=O) groups excluding carboxylic acids is 1. The predicted octanol–water partition coefficient (Wildman–Crippen LogP) is 1.77. The number of aromatic nitrogens is 1. The van der Waals surface area contributed by atoms with E-state index in [0.717, 1.165) is 5.82 Å². The fraction of sp³-hybridized carbons (Fsp3) is 0.333. The molecular weight excluding hydrogens is 284 g/mol. The van der Waals surface area contributed by atoms with Crippen molar-refractivity contribution in [3.05, 3.63) is 42.5 Å². The normalized spacial score (nSPS) is 13.3. The van der Waals surface area contributed by atoms with Crippen molar-refractivity contribution in [1.82, 2.24) is 10.3 Å². The Morgan fingerprint density at radius 2 is 2.18 bits per heavy atom. The van der Waals surface area contributed by atoms with E-state index in [1.807, 2.05) is 19.0 Å². The van der Waals surface area contributed by atoms with Crippen molar-refractivity contribution in [1.29, 1.82) is 0 Å². The van der Waals surface area contributed by atoms with Crippen LogP contribution in [0, 0.1) is 0 Å². The molecule has 7 heteroatoms. The fourth-order valence-electron chi connectivity index (χ4n) is 1.82. The van der Waals surface area contributed by atoms with Crippen molar-refractivity contribution in [3.63, 3.8) is 0 Å². The molecule has 2 amide bonds. The second-order valence-electron chi connectivity index (χ2n) is 5.36. The molecule has 0 aliphatic carbocycles. The monoisotopic (exact) mass is 304 g/mol. The minimum atomic E-state index is -1.27. The number of urea groups is 1. The summed E-state index contributed by atoms with van der Waals surface area (Å²) in [6.45, 7) is 1.59. The van der Waals surface area contributed by atoms with Crippen LogP contribution in [0.1, 0.15) is 12.7 Å². The minimum absolute atomic E-state index is 0.0234. The Balaban J connectivity index is 1.88. The van der Waals surface area contributed by atoms with Crippen molar-refractivity contribution < 1.29 is 14.3 Å². The molecule has 0 radical (unpaired) electrons. The number of hydrogen-bond acceptors (Lipinski definition) is 5. The third kappa shape index (κ3) is 3.98. The van der Waals surface area contributed by atoms with E-state index in [0.29, 0.717) is 11.4 Å². The van der Waals surface area contributed by atoms with Gasteiger partial charge in [0.2, 0.25) is 0 Å². The first-order chi connectivity index (χ1) is 10.4. The van der Waals surface area contributed by atoms with Crippen LogP contribution in [0.25, 0.3) is 0 Å². The molecule has 0 saturated carbocycles. The van der Waals surface area contributed by atoms with E-state index in [4.69, 9.17) is 4.42 Å². The number of nitrogens with zero attached hydrogens (tertiary/aromatic N) is 2. The van der Waals surface area contributed by atoms with Crippen molar-refractivity contribution >= 4 is 17.5 Å². The van der Waals surface area contributed by atoms with E-state index < -0.39 is 11.6 Å². The third-order valence-electron chi connectivity index (χ3n) is 3.11. The Bertz CT molecular complexity index is 606. The van der Waals surface area contributed by atoms with Crippen molar-refractivity contribution in [2.45, 2.75) is 12.5 Å². The van der Waals surface area contributed by atoms with Gasteiger partial charge in [-0.3, -0.25) is 0 Å². The van der Waals surface area contributed by atoms with Crippen molar-refractivity contribution in [2.24, 2.45) is 0 Å². The van der Waals surface area contributed by atoms with Gasteiger partial charge in [-0.2, -0.15) is 0 Å². The van der Waals surface area contributed by atoms with Crippen LogP contribution >= 0.6 is 0 Å². The lowest BCUT2D eigenvalue weighted by Crippen LogP contribution is -2.40. The highest BCUT2D eigenvalue weighted by atomic mass is 16.4. The molecule has 0 aromatic carbocycles. The summed E-state index contributed by atoms with van der Waals surface area (Å²) < 4.78 is 5.15. The van der Waals surface area contributed by atoms with Gasteiger partial charge in [-0.15, -0.1) is 0 Å². The van der Waals surface area contributed by atoms with Gasteiger partial charge in [-0.05, 0) is 31.2 Å². The molecule has 2 rings (SSSR count). The zero-order valence-electron chi connectivity index (χ0n) is 12.8. The second-order valence-corrected chi connectivity index (χ2v) is 5.36. The number of amides is 2. The summed E-state index contributed by atoms with van der Waals surface area (Å²) in [5, 5.41) is 15.5. The summed E-state index contributed by atoms with van der Waals surface area (Å²) in [5.41, 5.74) is -0.700. The number of pyridine rings is 1. The average molecular weight is 304 g/mol. The van der Waals surface area contributed by atoms with Gasteiger partial charge in [0.05, 0.1) is 24.7 Å². The molecule has 118 valence electrons. The molecule has 0 bridgehead atoms. The van der Waals surface area contributed by atoms with Crippen LogP contribution in [0.3, 0.4) is 0 Å². The van der Waals surface area contributed by atoms with E-state index in [-0.39, 0.29) is 6.54 Å². The van der Waals surface area contributed by atoms with Crippen LogP contribution in [0.15, 0.2) is 41.1 Å². The number of hydrogen-bond donors (Lipinski definition) is 3. The number of carbonyl (C=O) groups is 1. The van der Waals surface area contributed by atoms with Gasteiger partial charge in [0, 0.05) is 14.1 Å². The summed E-state index contributed by atoms with van der Waals surface area (Å²) >= 11 is 0. The van der Waals surface area contributed by atoms with E-state index in [1.54, 1.807) is 37.4 Å². The highest BCUT2D eigenvalue weighted by Crippen LogP contribution is 2.19. The van der Waals surface area contributed by atoms with Crippen LogP contribution in [0.5, 0.6) is 0 Å². The van der Waals surface area contributed by atoms with Gasteiger partial charge in [-0.1, -0.05) is 0 Å². The molecule has 22 heavy (non-hydrogen) atoms. The van der Waals surface area contributed by atoms with Crippen LogP contribution in [-0.4, -0.2) is 36.8 Å². The maximum Gasteiger partial charge on any atom is 0.319 e. The standard InChI is InChI=1S/C15H20N4O3/c1-15(21,12-5-4-8-22-12)10-17-14(20)18-11-6-7-13(16-9-11)19(2)3/h4-9,21H,10H2,1-3H3,(H2,17,18,20). The van der Waals surface area contributed by atoms with Gasteiger partial charge in [0.15, 0.2) is 0 Å². The number of furan rings is 1. The van der Waals surface area contributed by atoms with Gasteiger partial charge >= 0.3 is 6.03 Å². The topological polar surface area (TPSA) is 90.6 Å². The van der Waals surface area contributed by atoms with Gasteiger partial charge < -0.3 is 25.1 Å². The minimum Gasteiger partial charge on any atom is -0.466 e. The first-order valence-electron chi connectivity index (χ1n) is 6.83. The largest absolute Gasteiger partial charge is 0.466 e. The number of rotatable bonds is 5. The molecule has 0 aliphatic rings. The highest BCUT2D eigenvalue weighted by Gasteiger charge is 2.26. The SMILES string of the molecule is CN(C)c1ccc(NC(=O)NCC(C)(O)c2ccco2)cn1. The molecule has 2 heterocycles. The molecule has 7 nitrogen and oxygen atoms in total. The van der Waals surface area contributed by atoms with E-state index >= 15 is 0 Å². The summed E-state index contributed by atoms with van der Waals surface area (Å²) in [6, 6.07) is 6.47. The maximum atomic E-state index is 11.8. The molecule has 1 atom stereocenters. The molecule has 3 N–H and O–H groups in total. The summed E-state index contributed by atoms with van der Waals surface area (Å²) in [7, 11) is 3.78. The van der Waals surface area contributed by atoms with Crippen LogP contribution in [0.4, 0.5) is 16.3 Å². The Morgan fingerprint density at radius 1 is 1.41 bits per heavy atom. The Labute approximate surface area is 129 Å². The molecule has 2 aromatic rings. The highest BCUT2D eigenvalue weighted by molar-refractivity contribution is 5.89. The molecule has 0 saturated heterocycles. The van der Waals surface area contributed by atoms with Crippen LogP contribution in [0.2, 0.25) is 0 Å². The predicted molar refractivity (Wildman–Crippen MR) is 83.9 cm³/mol. The molecule has 1 unspecified atom stereocenters.